The molecule has 1 amide bonds. The lowest BCUT2D eigenvalue weighted by Crippen LogP contribution is -2.14. The molecule has 1 aliphatic rings. The van der Waals surface area contributed by atoms with Crippen molar-refractivity contribution in [1.82, 2.24) is 15.0 Å². The highest BCUT2D eigenvalue weighted by atomic mass is 16.5. The Kier molecular flexibility index (Phi) is 3.65. The van der Waals surface area contributed by atoms with Gasteiger partial charge in [-0.25, -0.2) is 9.97 Å². The van der Waals surface area contributed by atoms with Crippen molar-refractivity contribution >= 4 is 22.8 Å². The summed E-state index contributed by atoms with van der Waals surface area (Å²) < 4.78 is 5.62. The van der Waals surface area contributed by atoms with Gasteiger partial charge in [0.15, 0.2) is 0 Å². The van der Waals surface area contributed by atoms with E-state index in [2.05, 4.69) is 20.3 Å². The second-order valence-electron chi connectivity index (χ2n) is 5.85. The van der Waals surface area contributed by atoms with Crippen LogP contribution >= 0.6 is 0 Å². The van der Waals surface area contributed by atoms with Crippen molar-refractivity contribution in [2.24, 2.45) is 5.92 Å². The summed E-state index contributed by atoms with van der Waals surface area (Å²) in [4.78, 5) is 23.8. The Morgan fingerprint density at radius 3 is 3.00 bits per heavy atom. The lowest BCUT2D eigenvalue weighted by atomic mass is 10.1. The quantitative estimate of drug-likeness (QED) is 0.755. The molecule has 1 aliphatic carbocycles. The van der Waals surface area contributed by atoms with Crippen LogP contribution in [0.15, 0.2) is 36.7 Å². The Morgan fingerprint density at radius 1 is 1.33 bits per heavy atom. The van der Waals surface area contributed by atoms with Crippen molar-refractivity contribution in [2.45, 2.75) is 19.8 Å². The summed E-state index contributed by atoms with van der Waals surface area (Å²) >= 11 is 0. The number of hydrogen-bond donors (Lipinski definition) is 2. The SMILES string of the molecule is CCOc1ncccc1-c1c[nH]c2nc(NC(=O)C3CC3)ccc12. The van der Waals surface area contributed by atoms with Crippen molar-refractivity contribution in [3.63, 3.8) is 0 Å². The molecule has 0 saturated heterocycles. The molecule has 0 unspecified atom stereocenters. The van der Waals surface area contributed by atoms with Gasteiger partial charge in [-0.3, -0.25) is 4.79 Å². The molecule has 0 radical (unpaired) electrons. The van der Waals surface area contributed by atoms with Gasteiger partial charge in [0.25, 0.3) is 0 Å². The third-order valence-electron chi connectivity index (χ3n) is 4.08. The molecule has 24 heavy (non-hydrogen) atoms. The molecule has 0 aromatic carbocycles. The summed E-state index contributed by atoms with van der Waals surface area (Å²) in [6.07, 6.45) is 5.56. The molecule has 0 bridgehead atoms. The normalized spacial score (nSPS) is 13.9. The van der Waals surface area contributed by atoms with Crippen LogP contribution in [-0.2, 0) is 4.79 Å². The second-order valence-corrected chi connectivity index (χ2v) is 5.85. The van der Waals surface area contributed by atoms with Crippen LogP contribution in [-0.4, -0.2) is 27.5 Å². The van der Waals surface area contributed by atoms with E-state index in [0.29, 0.717) is 18.3 Å². The molecule has 1 saturated carbocycles. The van der Waals surface area contributed by atoms with Crippen LogP contribution in [0.1, 0.15) is 19.8 Å². The smallest absolute Gasteiger partial charge is 0.228 e. The number of H-pyrrole nitrogens is 1. The number of carbonyl (C=O) groups is 1. The Bertz CT molecular complexity index is 899. The molecule has 1 fully saturated rings. The Labute approximate surface area is 139 Å². The molecule has 6 nitrogen and oxygen atoms in total. The monoisotopic (exact) mass is 322 g/mol. The highest BCUT2D eigenvalue weighted by Crippen LogP contribution is 2.34. The van der Waals surface area contributed by atoms with E-state index < -0.39 is 0 Å². The second kappa shape index (κ2) is 5.96. The number of fused-ring (bicyclic) bond motifs is 1. The summed E-state index contributed by atoms with van der Waals surface area (Å²) in [6, 6.07) is 7.65. The number of carbonyl (C=O) groups excluding carboxylic acids is 1. The predicted molar refractivity (Wildman–Crippen MR) is 91.8 cm³/mol. The van der Waals surface area contributed by atoms with Gasteiger partial charge in [0.05, 0.1) is 6.61 Å². The maximum atomic E-state index is 11.9. The van der Waals surface area contributed by atoms with Crippen molar-refractivity contribution in [3.05, 3.63) is 36.7 Å². The van der Waals surface area contributed by atoms with Crippen LogP contribution in [0.5, 0.6) is 5.88 Å². The third-order valence-corrected chi connectivity index (χ3v) is 4.08. The van der Waals surface area contributed by atoms with Crippen LogP contribution in [0.4, 0.5) is 5.82 Å². The molecule has 122 valence electrons. The van der Waals surface area contributed by atoms with E-state index in [-0.39, 0.29) is 11.8 Å². The molecule has 6 heteroatoms. The van der Waals surface area contributed by atoms with Crippen LogP contribution in [0.3, 0.4) is 0 Å². The van der Waals surface area contributed by atoms with E-state index in [1.165, 1.54) is 0 Å². The molecule has 4 rings (SSSR count). The summed E-state index contributed by atoms with van der Waals surface area (Å²) in [5.74, 6) is 1.39. The number of pyridine rings is 2. The topological polar surface area (TPSA) is 79.9 Å². The zero-order valence-corrected chi connectivity index (χ0v) is 13.4. The van der Waals surface area contributed by atoms with Gasteiger partial charge in [-0.05, 0) is 44.0 Å². The van der Waals surface area contributed by atoms with E-state index in [1.807, 2.05) is 37.4 Å². The van der Waals surface area contributed by atoms with Crippen molar-refractivity contribution < 1.29 is 9.53 Å². The van der Waals surface area contributed by atoms with E-state index in [0.717, 1.165) is 35.0 Å². The van der Waals surface area contributed by atoms with Crippen molar-refractivity contribution in [3.8, 4) is 17.0 Å². The fraction of sp³-hybridized carbons (Fsp3) is 0.278. The fourth-order valence-electron chi connectivity index (χ4n) is 2.72. The number of ether oxygens (including phenoxy) is 1. The summed E-state index contributed by atoms with van der Waals surface area (Å²) in [5, 5.41) is 3.84. The number of nitrogens with zero attached hydrogens (tertiary/aromatic N) is 2. The van der Waals surface area contributed by atoms with Gasteiger partial charge in [0.2, 0.25) is 11.8 Å². The number of amides is 1. The van der Waals surface area contributed by atoms with Crippen LogP contribution in [0.25, 0.3) is 22.2 Å². The largest absolute Gasteiger partial charge is 0.478 e. The molecular weight excluding hydrogens is 304 g/mol. The van der Waals surface area contributed by atoms with Crippen molar-refractivity contribution in [1.29, 1.82) is 0 Å². The van der Waals surface area contributed by atoms with Gasteiger partial charge in [0, 0.05) is 34.8 Å². The highest BCUT2D eigenvalue weighted by Gasteiger charge is 2.29. The van der Waals surface area contributed by atoms with E-state index >= 15 is 0 Å². The lowest BCUT2D eigenvalue weighted by Gasteiger charge is -2.08. The molecule has 0 spiro atoms. The van der Waals surface area contributed by atoms with Gasteiger partial charge >= 0.3 is 0 Å². The Morgan fingerprint density at radius 2 is 2.21 bits per heavy atom. The lowest BCUT2D eigenvalue weighted by molar-refractivity contribution is -0.117. The fourth-order valence-corrected chi connectivity index (χ4v) is 2.72. The molecule has 3 aromatic heterocycles. The van der Waals surface area contributed by atoms with Crippen LogP contribution < -0.4 is 10.1 Å². The minimum atomic E-state index is 0.0551. The van der Waals surface area contributed by atoms with Crippen LogP contribution in [0.2, 0.25) is 0 Å². The Balaban J connectivity index is 1.69. The number of rotatable bonds is 5. The molecule has 3 heterocycles. The molecular formula is C18H18N4O2. The van der Waals surface area contributed by atoms with E-state index in [1.54, 1.807) is 6.20 Å². The van der Waals surface area contributed by atoms with Gasteiger partial charge in [-0.1, -0.05) is 0 Å². The average molecular weight is 322 g/mol. The Hall–Kier alpha value is -2.89. The number of nitrogens with one attached hydrogen (secondary N) is 2. The van der Waals surface area contributed by atoms with Gasteiger partial charge in [0.1, 0.15) is 11.5 Å². The number of aromatic amines is 1. The van der Waals surface area contributed by atoms with Crippen LogP contribution in [0, 0.1) is 5.92 Å². The maximum Gasteiger partial charge on any atom is 0.228 e. The third kappa shape index (κ3) is 2.71. The molecule has 2 N–H and O–H groups in total. The number of anilines is 1. The first-order valence-electron chi connectivity index (χ1n) is 8.13. The minimum Gasteiger partial charge on any atom is -0.478 e. The summed E-state index contributed by atoms with van der Waals surface area (Å²) in [7, 11) is 0. The standard InChI is InChI=1S/C18H18N4O2/c1-2-24-18-13(4-3-9-19-18)14-10-20-16-12(14)7-8-15(21-16)22-17(23)11-5-6-11/h3-4,7-11H,2,5-6H2,1H3,(H2,20,21,22,23). The van der Waals surface area contributed by atoms with E-state index in [4.69, 9.17) is 4.74 Å². The summed E-state index contributed by atoms with van der Waals surface area (Å²) in [5.41, 5.74) is 2.63. The zero-order chi connectivity index (χ0) is 16.5. The first-order valence-corrected chi connectivity index (χ1v) is 8.13. The molecule has 0 atom stereocenters. The van der Waals surface area contributed by atoms with Gasteiger partial charge < -0.3 is 15.0 Å². The molecule has 0 aliphatic heterocycles. The first-order chi connectivity index (χ1) is 11.8. The molecule has 3 aromatic rings. The zero-order valence-electron chi connectivity index (χ0n) is 13.4. The average Bonchev–Trinajstić information content (AvgIpc) is 3.36. The summed E-state index contributed by atoms with van der Waals surface area (Å²) in [6.45, 7) is 2.49. The number of hydrogen-bond acceptors (Lipinski definition) is 4. The van der Waals surface area contributed by atoms with E-state index in [9.17, 15) is 4.79 Å². The van der Waals surface area contributed by atoms with Gasteiger partial charge in [-0.2, -0.15) is 0 Å². The van der Waals surface area contributed by atoms with Crippen molar-refractivity contribution in [2.75, 3.05) is 11.9 Å². The maximum absolute atomic E-state index is 11.9. The van der Waals surface area contributed by atoms with Gasteiger partial charge in [-0.15, -0.1) is 0 Å². The highest BCUT2D eigenvalue weighted by molar-refractivity contribution is 5.98. The number of aromatic nitrogens is 3. The predicted octanol–water partition coefficient (Wildman–Crippen LogP) is 3.37. The first kappa shape index (κ1) is 14.7. The minimum absolute atomic E-state index is 0.0551.